The molecular weight excluding hydrogens is 312 g/mol. The number of hydrogen-bond donors (Lipinski definition) is 0. The number of ether oxygens (including phenoxy) is 1. The van der Waals surface area contributed by atoms with E-state index in [9.17, 15) is 0 Å². The van der Waals surface area contributed by atoms with E-state index in [0.29, 0.717) is 6.61 Å². The molecule has 0 aliphatic heterocycles. The van der Waals surface area contributed by atoms with E-state index in [-0.39, 0.29) is 11.1 Å². The lowest BCUT2D eigenvalue weighted by atomic mass is 10.0. The van der Waals surface area contributed by atoms with Crippen LogP contribution in [0.1, 0.15) is 39.2 Å². The zero-order valence-corrected chi connectivity index (χ0v) is 17.1. The highest BCUT2D eigenvalue weighted by molar-refractivity contribution is 6.74. The Labute approximate surface area is 149 Å². The molecule has 1 aromatic carbocycles. The van der Waals surface area contributed by atoms with Crippen LogP contribution in [0.3, 0.4) is 0 Å². The second-order valence-corrected chi connectivity index (χ2v) is 12.5. The molecule has 1 aromatic rings. The average Bonchev–Trinajstić information content (AvgIpc) is 2.50. The van der Waals surface area contributed by atoms with Gasteiger partial charge in [0.1, 0.15) is 5.75 Å². The van der Waals surface area contributed by atoms with Crippen molar-refractivity contribution < 1.29 is 9.16 Å². The largest absolute Gasteiger partial charge is 0.544 e. The summed E-state index contributed by atoms with van der Waals surface area (Å²) in [6.45, 7) is 19.4. The molecule has 0 saturated carbocycles. The third kappa shape index (κ3) is 6.66. The Hall–Kier alpha value is -1.32. The van der Waals surface area contributed by atoms with Crippen LogP contribution in [0.5, 0.6) is 5.75 Å². The lowest BCUT2D eigenvalue weighted by Crippen LogP contribution is -2.43. The van der Waals surface area contributed by atoms with Crippen molar-refractivity contribution >= 4 is 8.32 Å². The van der Waals surface area contributed by atoms with Gasteiger partial charge in [0, 0.05) is 0 Å². The van der Waals surface area contributed by atoms with Crippen molar-refractivity contribution in [3.63, 3.8) is 0 Å². The quantitative estimate of drug-likeness (QED) is 0.373. The van der Waals surface area contributed by atoms with Gasteiger partial charge in [-0.05, 0) is 55.1 Å². The molecule has 0 heterocycles. The van der Waals surface area contributed by atoms with E-state index < -0.39 is 8.32 Å². The Morgan fingerprint density at radius 2 is 1.71 bits per heavy atom. The summed E-state index contributed by atoms with van der Waals surface area (Å²) in [4.78, 5) is 0. The van der Waals surface area contributed by atoms with E-state index >= 15 is 0 Å². The highest BCUT2D eigenvalue weighted by atomic mass is 28.4. The molecule has 0 amide bonds. The van der Waals surface area contributed by atoms with Gasteiger partial charge in [0.2, 0.25) is 8.32 Å². The van der Waals surface area contributed by atoms with Gasteiger partial charge >= 0.3 is 0 Å². The molecule has 134 valence electrons. The topological polar surface area (TPSA) is 18.5 Å². The highest BCUT2D eigenvalue weighted by Gasteiger charge is 2.38. The first kappa shape index (κ1) is 20.7. The van der Waals surface area contributed by atoms with Crippen molar-refractivity contribution in [3.8, 4) is 5.75 Å². The fourth-order valence-corrected chi connectivity index (χ4v) is 3.19. The van der Waals surface area contributed by atoms with Gasteiger partial charge in [0.25, 0.3) is 0 Å². The Morgan fingerprint density at radius 1 is 1.08 bits per heavy atom. The second-order valence-electron chi connectivity index (χ2n) is 7.81. The Morgan fingerprint density at radius 3 is 2.21 bits per heavy atom. The minimum absolute atomic E-state index is 0.212. The van der Waals surface area contributed by atoms with Crippen LogP contribution in [0, 0.1) is 0 Å². The smallest absolute Gasteiger partial charge is 0.250 e. The van der Waals surface area contributed by atoms with Gasteiger partial charge in [0.15, 0.2) is 0 Å². The molecule has 0 unspecified atom stereocenters. The first-order valence-corrected chi connectivity index (χ1v) is 11.7. The molecule has 0 bridgehead atoms. The summed E-state index contributed by atoms with van der Waals surface area (Å²) in [5.74, 6) is 0.982. The number of hydrogen-bond acceptors (Lipinski definition) is 2. The molecule has 0 radical (unpaired) electrons. The SMILES string of the molecule is C=CCO[C@H](CC=C)CCc1ccc(O[Si](C)(C)C(C)(C)C)cc1. The van der Waals surface area contributed by atoms with Crippen LogP contribution in [0.2, 0.25) is 18.1 Å². The predicted octanol–water partition coefficient (Wildman–Crippen LogP) is 6.15. The monoisotopic (exact) mass is 346 g/mol. The summed E-state index contributed by atoms with van der Waals surface area (Å²) in [6.07, 6.45) is 6.79. The van der Waals surface area contributed by atoms with Crippen molar-refractivity contribution in [2.75, 3.05) is 6.61 Å². The van der Waals surface area contributed by atoms with Crippen LogP contribution in [0.4, 0.5) is 0 Å². The van der Waals surface area contributed by atoms with E-state index in [1.54, 1.807) is 6.08 Å². The van der Waals surface area contributed by atoms with Crippen molar-refractivity contribution in [2.45, 2.75) is 64.3 Å². The molecule has 0 saturated heterocycles. The molecule has 0 spiro atoms. The van der Waals surface area contributed by atoms with Crippen molar-refractivity contribution in [1.82, 2.24) is 0 Å². The van der Waals surface area contributed by atoms with Crippen LogP contribution in [0.15, 0.2) is 49.6 Å². The fraction of sp³-hybridized carbons (Fsp3) is 0.524. The van der Waals surface area contributed by atoms with Crippen molar-refractivity contribution in [3.05, 3.63) is 55.1 Å². The summed E-state index contributed by atoms with van der Waals surface area (Å²) in [5, 5.41) is 0.214. The van der Waals surface area contributed by atoms with Crippen molar-refractivity contribution in [2.24, 2.45) is 0 Å². The Bertz CT molecular complexity index is 512. The lowest BCUT2D eigenvalue weighted by molar-refractivity contribution is 0.0705. The predicted molar refractivity (Wildman–Crippen MR) is 107 cm³/mol. The lowest BCUT2D eigenvalue weighted by Gasteiger charge is -2.36. The molecule has 2 nitrogen and oxygen atoms in total. The number of benzene rings is 1. The van der Waals surface area contributed by atoms with Crippen LogP contribution >= 0.6 is 0 Å². The van der Waals surface area contributed by atoms with Gasteiger partial charge in [-0.3, -0.25) is 0 Å². The molecule has 1 rings (SSSR count). The Balaban J connectivity index is 2.61. The van der Waals surface area contributed by atoms with Gasteiger partial charge in [-0.25, -0.2) is 0 Å². The summed E-state index contributed by atoms with van der Waals surface area (Å²) in [6, 6.07) is 8.54. The minimum atomic E-state index is -1.77. The fourth-order valence-electron chi connectivity index (χ4n) is 2.16. The molecule has 0 aliphatic rings. The minimum Gasteiger partial charge on any atom is -0.544 e. The van der Waals surface area contributed by atoms with Crippen molar-refractivity contribution in [1.29, 1.82) is 0 Å². The summed E-state index contributed by atoms with van der Waals surface area (Å²) in [5.41, 5.74) is 1.31. The van der Waals surface area contributed by atoms with Gasteiger partial charge < -0.3 is 9.16 Å². The molecular formula is C21H34O2Si. The maximum absolute atomic E-state index is 6.33. The molecule has 0 aliphatic carbocycles. The van der Waals surface area contributed by atoms with Crippen LogP contribution < -0.4 is 4.43 Å². The van der Waals surface area contributed by atoms with Gasteiger partial charge in [0.05, 0.1) is 12.7 Å². The maximum atomic E-state index is 6.33. The van der Waals surface area contributed by atoms with Gasteiger partial charge in [-0.2, -0.15) is 0 Å². The van der Waals surface area contributed by atoms with Crippen LogP contribution in [-0.2, 0) is 11.2 Å². The maximum Gasteiger partial charge on any atom is 0.250 e. The molecule has 1 atom stereocenters. The summed E-state index contributed by atoms with van der Waals surface area (Å²) >= 11 is 0. The number of rotatable bonds is 10. The first-order chi connectivity index (χ1) is 11.2. The molecule has 0 aromatic heterocycles. The summed E-state index contributed by atoms with van der Waals surface area (Å²) < 4.78 is 12.1. The van der Waals surface area contributed by atoms with Crippen LogP contribution in [0.25, 0.3) is 0 Å². The normalized spacial score (nSPS) is 13.4. The van der Waals surface area contributed by atoms with Gasteiger partial charge in [-0.1, -0.05) is 45.1 Å². The van der Waals surface area contributed by atoms with E-state index in [0.717, 1.165) is 25.0 Å². The highest BCUT2D eigenvalue weighted by Crippen LogP contribution is 2.37. The molecule has 0 N–H and O–H groups in total. The van der Waals surface area contributed by atoms with Crippen LogP contribution in [-0.4, -0.2) is 21.0 Å². The molecule has 24 heavy (non-hydrogen) atoms. The van der Waals surface area contributed by atoms with E-state index in [4.69, 9.17) is 9.16 Å². The third-order valence-corrected chi connectivity index (χ3v) is 9.10. The first-order valence-electron chi connectivity index (χ1n) is 8.81. The number of aryl methyl sites for hydroxylation is 1. The molecule has 3 heteroatoms. The van der Waals surface area contributed by atoms with E-state index in [1.165, 1.54) is 5.56 Å². The van der Waals surface area contributed by atoms with Gasteiger partial charge in [-0.15, -0.1) is 13.2 Å². The van der Waals surface area contributed by atoms with E-state index in [2.05, 4.69) is 71.3 Å². The Kier molecular flexibility index (Phi) is 7.97. The van der Waals surface area contributed by atoms with E-state index in [1.807, 2.05) is 6.08 Å². The standard InChI is InChI=1S/C21H34O2Si/c1-8-10-19(22-17-9-2)14-11-18-12-15-20(16-13-18)23-24(6,7)21(3,4)5/h8-9,12-13,15-16,19H,1-2,10-11,14,17H2,3-7H3/t19-/m1/s1. The second kappa shape index (κ2) is 9.24. The zero-order valence-electron chi connectivity index (χ0n) is 16.1. The molecule has 0 fully saturated rings. The average molecular weight is 347 g/mol. The summed E-state index contributed by atoms with van der Waals surface area (Å²) in [7, 11) is -1.77. The zero-order chi connectivity index (χ0) is 18.2. The third-order valence-electron chi connectivity index (χ3n) is 4.74.